The molecule has 0 atom stereocenters. The fraction of sp³-hybridized carbons (Fsp3) is 0.409. The number of fused-ring (bicyclic) bond motifs is 3. The van der Waals surface area contributed by atoms with E-state index in [-0.39, 0.29) is 17.4 Å². The van der Waals surface area contributed by atoms with Crippen LogP contribution in [0.5, 0.6) is 0 Å². The number of rotatable bonds is 2. The maximum absolute atomic E-state index is 12.4. The van der Waals surface area contributed by atoms with Gasteiger partial charge in [0.1, 0.15) is 6.61 Å². The number of carbonyl (C=O) groups is 1. The van der Waals surface area contributed by atoms with E-state index in [0.717, 1.165) is 12.8 Å². The summed E-state index contributed by atoms with van der Waals surface area (Å²) in [7, 11) is 0. The first-order valence-electron chi connectivity index (χ1n) is 9.29. The van der Waals surface area contributed by atoms with Gasteiger partial charge < -0.3 is 14.7 Å². The first kappa shape index (κ1) is 15.9. The molecule has 0 aromatic heterocycles. The van der Waals surface area contributed by atoms with Gasteiger partial charge in [-0.1, -0.05) is 48.5 Å². The van der Waals surface area contributed by atoms with Crippen molar-refractivity contribution < 1.29 is 14.6 Å². The van der Waals surface area contributed by atoms with Crippen LogP contribution in [0.3, 0.4) is 0 Å². The van der Waals surface area contributed by atoms with Crippen molar-refractivity contribution >= 4 is 6.09 Å². The molecule has 1 N–H and O–H groups in total. The second kappa shape index (κ2) is 5.34. The fourth-order valence-electron chi connectivity index (χ4n) is 5.37. The molecular formula is C22H23NO3. The van der Waals surface area contributed by atoms with Crippen molar-refractivity contribution in [2.75, 3.05) is 19.7 Å². The Hall–Kier alpha value is -2.33. The number of carbonyl (C=O) groups excluding carboxylic acids is 1. The highest BCUT2D eigenvalue weighted by Crippen LogP contribution is 2.54. The highest BCUT2D eigenvalue weighted by atomic mass is 16.6. The summed E-state index contributed by atoms with van der Waals surface area (Å²) in [5.74, 6) is 0.103. The molecule has 1 saturated carbocycles. The molecule has 134 valence electrons. The summed E-state index contributed by atoms with van der Waals surface area (Å²) in [4.78, 5) is 14.2. The largest absolute Gasteiger partial charge is 0.448 e. The minimum atomic E-state index is -0.548. The summed E-state index contributed by atoms with van der Waals surface area (Å²) >= 11 is 0. The minimum absolute atomic E-state index is 0.103. The van der Waals surface area contributed by atoms with Crippen LogP contribution >= 0.6 is 0 Å². The quantitative estimate of drug-likeness (QED) is 0.898. The average molecular weight is 349 g/mol. The summed E-state index contributed by atoms with van der Waals surface area (Å²) in [5, 5.41) is 9.94. The molecule has 1 amide bonds. The Balaban J connectivity index is 1.26. The second-order valence-corrected chi connectivity index (χ2v) is 8.51. The molecule has 1 aliphatic heterocycles. The fourth-order valence-corrected chi connectivity index (χ4v) is 5.37. The lowest BCUT2D eigenvalue weighted by molar-refractivity contribution is -0.172. The second-order valence-electron chi connectivity index (χ2n) is 8.51. The molecule has 1 saturated heterocycles. The van der Waals surface area contributed by atoms with Crippen LogP contribution in [0.4, 0.5) is 4.79 Å². The Labute approximate surface area is 153 Å². The van der Waals surface area contributed by atoms with Crippen LogP contribution in [0.15, 0.2) is 48.5 Å². The standard InChI is InChI=1S/C22H23NO3/c1-21(25)11-22(12-21)13-23(14-22)20(24)26-10-19-17-8-4-2-6-15(17)16-7-3-5-9-18(16)19/h2-9,19,25H,10-14H2,1H3. The van der Waals surface area contributed by atoms with Gasteiger partial charge in [0.2, 0.25) is 0 Å². The third-order valence-electron chi connectivity index (χ3n) is 6.16. The molecule has 4 nitrogen and oxygen atoms in total. The lowest BCUT2D eigenvalue weighted by atomic mass is 9.56. The summed E-state index contributed by atoms with van der Waals surface area (Å²) < 4.78 is 5.68. The van der Waals surface area contributed by atoms with Crippen molar-refractivity contribution in [2.45, 2.75) is 31.3 Å². The van der Waals surface area contributed by atoms with Crippen LogP contribution in [0.1, 0.15) is 36.8 Å². The maximum atomic E-state index is 12.4. The van der Waals surface area contributed by atoms with Gasteiger partial charge in [0.25, 0.3) is 0 Å². The average Bonchev–Trinajstić information content (AvgIpc) is 2.89. The van der Waals surface area contributed by atoms with Crippen LogP contribution < -0.4 is 0 Å². The maximum Gasteiger partial charge on any atom is 0.409 e. The number of aliphatic hydroxyl groups is 1. The zero-order valence-corrected chi connectivity index (χ0v) is 14.9. The molecule has 0 unspecified atom stereocenters. The number of nitrogens with zero attached hydrogens (tertiary/aromatic N) is 1. The molecular weight excluding hydrogens is 326 g/mol. The van der Waals surface area contributed by atoms with E-state index < -0.39 is 5.60 Å². The van der Waals surface area contributed by atoms with Crippen LogP contribution in [-0.2, 0) is 4.74 Å². The number of hydrogen-bond donors (Lipinski definition) is 1. The monoisotopic (exact) mass is 349 g/mol. The van der Waals surface area contributed by atoms with E-state index in [0.29, 0.717) is 19.7 Å². The van der Waals surface area contributed by atoms with Crippen LogP contribution in [0.25, 0.3) is 11.1 Å². The number of benzene rings is 2. The van der Waals surface area contributed by atoms with Gasteiger partial charge in [-0.25, -0.2) is 4.79 Å². The Kier molecular flexibility index (Phi) is 3.26. The molecule has 1 spiro atoms. The van der Waals surface area contributed by atoms with Gasteiger partial charge in [-0.15, -0.1) is 0 Å². The van der Waals surface area contributed by atoms with Gasteiger partial charge in [0.15, 0.2) is 0 Å². The van der Waals surface area contributed by atoms with Gasteiger partial charge in [0.05, 0.1) is 5.60 Å². The first-order chi connectivity index (χ1) is 12.5. The normalized spacial score (nSPS) is 21.5. The van der Waals surface area contributed by atoms with Gasteiger partial charge in [0, 0.05) is 24.4 Å². The predicted molar refractivity (Wildman–Crippen MR) is 98.9 cm³/mol. The molecule has 3 aliphatic rings. The zero-order chi connectivity index (χ0) is 17.9. The highest BCUT2D eigenvalue weighted by Gasteiger charge is 2.58. The molecule has 2 aromatic carbocycles. The van der Waals surface area contributed by atoms with Crippen molar-refractivity contribution in [2.24, 2.45) is 5.41 Å². The Morgan fingerprint density at radius 3 is 2.15 bits per heavy atom. The number of amides is 1. The van der Waals surface area contributed by atoms with Gasteiger partial charge in [-0.2, -0.15) is 0 Å². The molecule has 4 heteroatoms. The molecule has 2 aliphatic carbocycles. The van der Waals surface area contributed by atoms with Crippen molar-refractivity contribution in [1.82, 2.24) is 4.90 Å². The molecule has 2 fully saturated rings. The number of likely N-dealkylation sites (tertiary alicyclic amines) is 1. The van der Waals surface area contributed by atoms with Crippen molar-refractivity contribution in [3.05, 3.63) is 59.7 Å². The smallest absolute Gasteiger partial charge is 0.409 e. The van der Waals surface area contributed by atoms with E-state index in [4.69, 9.17) is 4.74 Å². The summed E-state index contributed by atoms with van der Waals surface area (Å²) in [6, 6.07) is 16.7. The van der Waals surface area contributed by atoms with Crippen molar-refractivity contribution in [3.63, 3.8) is 0 Å². The SMILES string of the molecule is CC1(O)CC2(CN(C(=O)OCC3c4ccccc4-c4ccccc43)C2)C1. The summed E-state index contributed by atoms with van der Waals surface area (Å²) in [5.41, 5.74) is 4.53. The van der Waals surface area contributed by atoms with E-state index in [1.54, 1.807) is 4.90 Å². The minimum Gasteiger partial charge on any atom is -0.448 e. The van der Waals surface area contributed by atoms with Crippen molar-refractivity contribution in [3.8, 4) is 11.1 Å². The van der Waals surface area contributed by atoms with E-state index in [9.17, 15) is 9.90 Å². The van der Waals surface area contributed by atoms with Gasteiger partial charge >= 0.3 is 6.09 Å². The lowest BCUT2D eigenvalue weighted by Crippen LogP contribution is -2.68. The van der Waals surface area contributed by atoms with E-state index in [1.807, 2.05) is 19.1 Å². The summed E-state index contributed by atoms with van der Waals surface area (Å²) in [6.07, 6.45) is 1.34. The van der Waals surface area contributed by atoms with Gasteiger partial charge in [-0.05, 0) is 42.0 Å². The first-order valence-corrected chi connectivity index (χ1v) is 9.29. The predicted octanol–water partition coefficient (Wildman–Crippen LogP) is 3.78. The molecule has 2 aromatic rings. The third-order valence-corrected chi connectivity index (χ3v) is 6.16. The highest BCUT2D eigenvalue weighted by molar-refractivity contribution is 5.79. The van der Waals surface area contributed by atoms with Gasteiger partial charge in [-0.3, -0.25) is 0 Å². The Morgan fingerprint density at radius 1 is 1.08 bits per heavy atom. The Bertz CT molecular complexity index is 827. The van der Waals surface area contributed by atoms with Crippen LogP contribution in [-0.4, -0.2) is 41.4 Å². The number of hydrogen-bond acceptors (Lipinski definition) is 3. The van der Waals surface area contributed by atoms with E-state index >= 15 is 0 Å². The lowest BCUT2D eigenvalue weighted by Gasteiger charge is -2.61. The van der Waals surface area contributed by atoms with Crippen LogP contribution in [0, 0.1) is 5.41 Å². The molecule has 1 heterocycles. The Morgan fingerprint density at radius 2 is 1.62 bits per heavy atom. The topological polar surface area (TPSA) is 49.8 Å². The summed E-state index contributed by atoms with van der Waals surface area (Å²) in [6.45, 7) is 3.65. The zero-order valence-electron chi connectivity index (χ0n) is 14.9. The van der Waals surface area contributed by atoms with E-state index in [1.165, 1.54) is 22.3 Å². The molecule has 26 heavy (non-hydrogen) atoms. The van der Waals surface area contributed by atoms with E-state index in [2.05, 4.69) is 36.4 Å². The number of ether oxygens (including phenoxy) is 1. The molecule has 5 rings (SSSR count). The third kappa shape index (κ3) is 2.36. The molecule has 0 bridgehead atoms. The molecule has 0 radical (unpaired) electrons. The van der Waals surface area contributed by atoms with Crippen LogP contribution in [0.2, 0.25) is 0 Å². The van der Waals surface area contributed by atoms with Crippen molar-refractivity contribution in [1.29, 1.82) is 0 Å².